The lowest BCUT2D eigenvalue weighted by atomic mass is 9.89. The highest BCUT2D eigenvalue weighted by Gasteiger charge is 2.39. The van der Waals surface area contributed by atoms with Gasteiger partial charge in [0.2, 0.25) is 5.91 Å². The van der Waals surface area contributed by atoms with Crippen LogP contribution in [0.15, 0.2) is 18.3 Å². The van der Waals surface area contributed by atoms with Crippen molar-refractivity contribution in [2.75, 3.05) is 20.1 Å². The molecule has 1 atom stereocenters. The first-order chi connectivity index (χ1) is 9.07. The van der Waals surface area contributed by atoms with Crippen molar-refractivity contribution >= 4 is 5.91 Å². The maximum atomic E-state index is 11.8. The van der Waals surface area contributed by atoms with Crippen molar-refractivity contribution < 1.29 is 4.79 Å². The molecule has 0 aliphatic carbocycles. The average Bonchev–Trinajstić information content (AvgIpc) is 2.80. The molecule has 0 aromatic carbocycles. The maximum absolute atomic E-state index is 11.8. The van der Waals surface area contributed by atoms with Crippen LogP contribution >= 0.6 is 0 Å². The highest BCUT2D eigenvalue weighted by Crippen LogP contribution is 2.30. The summed E-state index contributed by atoms with van der Waals surface area (Å²) >= 11 is 0. The molecule has 100 valence electrons. The van der Waals surface area contributed by atoms with E-state index in [2.05, 4.69) is 15.2 Å². The van der Waals surface area contributed by atoms with Crippen LogP contribution in [0, 0.1) is 16.7 Å². The van der Waals surface area contributed by atoms with Gasteiger partial charge in [0.1, 0.15) is 11.8 Å². The molecule has 5 nitrogen and oxygen atoms in total. The molecule has 1 amide bonds. The van der Waals surface area contributed by atoms with Gasteiger partial charge in [0.15, 0.2) is 0 Å². The standard InChI is InChI=1S/C14H18N4O/c1-14(13(19)16-2)4-6-18(10-14)9-11-3-5-17-12(7-11)8-15/h3,5,7H,4,6,9-10H2,1-2H3,(H,16,19). The van der Waals surface area contributed by atoms with Crippen molar-refractivity contribution in [2.45, 2.75) is 19.9 Å². The summed E-state index contributed by atoms with van der Waals surface area (Å²) in [7, 11) is 1.68. The van der Waals surface area contributed by atoms with Crippen molar-refractivity contribution in [3.8, 4) is 6.07 Å². The largest absolute Gasteiger partial charge is 0.359 e. The van der Waals surface area contributed by atoms with E-state index in [0.29, 0.717) is 5.69 Å². The number of carbonyl (C=O) groups excluding carboxylic acids is 1. The highest BCUT2D eigenvalue weighted by atomic mass is 16.2. The molecule has 0 radical (unpaired) electrons. The second kappa shape index (κ2) is 5.37. The molecular weight excluding hydrogens is 240 g/mol. The molecule has 0 bridgehead atoms. The van der Waals surface area contributed by atoms with Gasteiger partial charge in [0.05, 0.1) is 5.41 Å². The molecule has 1 aromatic rings. The molecular formula is C14H18N4O. The van der Waals surface area contributed by atoms with E-state index in [0.717, 1.165) is 31.6 Å². The molecule has 0 spiro atoms. The van der Waals surface area contributed by atoms with E-state index in [1.807, 2.05) is 19.1 Å². The quantitative estimate of drug-likeness (QED) is 0.875. The zero-order valence-electron chi connectivity index (χ0n) is 11.3. The van der Waals surface area contributed by atoms with Crippen LogP contribution in [0.1, 0.15) is 24.6 Å². The number of rotatable bonds is 3. The number of likely N-dealkylation sites (tertiary alicyclic amines) is 1. The van der Waals surface area contributed by atoms with E-state index in [4.69, 9.17) is 5.26 Å². The van der Waals surface area contributed by atoms with E-state index in [1.165, 1.54) is 0 Å². The Morgan fingerprint density at radius 1 is 1.68 bits per heavy atom. The van der Waals surface area contributed by atoms with E-state index >= 15 is 0 Å². The lowest BCUT2D eigenvalue weighted by Crippen LogP contribution is -2.39. The molecule has 1 N–H and O–H groups in total. The summed E-state index contributed by atoms with van der Waals surface area (Å²) in [4.78, 5) is 18.0. The molecule has 2 rings (SSSR count). The topological polar surface area (TPSA) is 69.0 Å². The summed E-state index contributed by atoms with van der Waals surface area (Å²) in [6.45, 7) is 4.40. The van der Waals surface area contributed by atoms with E-state index in [1.54, 1.807) is 19.3 Å². The third-order valence-electron chi connectivity index (χ3n) is 3.67. The fourth-order valence-electron chi connectivity index (χ4n) is 2.57. The fourth-order valence-corrected chi connectivity index (χ4v) is 2.57. The van der Waals surface area contributed by atoms with Crippen molar-refractivity contribution in [2.24, 2.45) is 5.41 Å². The predicted octanol–water partition coefficient (Wildman–Crippen LogP) is 0.911. The summed E-state index contributed by atoms with van der Waals surface area (Å²) in [6.07, 6.45) is 2.52. The lowest BCUT2D eigenvalue weighted by molar-refractivity contribution is -0.129. The van der Waals surface area contributed by atoms with Crippen LogP contribution in [0.25, 0.3) is 0 Å². The predicted molar refractivity (Wildman–Crippen MR) is 71.0 cm³/mol. The Kier molecular flexibility index (Phi) is 3.82. The first-order valence-corrected chi connectivity index (χ1v) is 6.37. The van der Waals surface area contributed by atoms with Crippen LogP contribution in [-0.4, -0.2) is 35.9 Å². The first-order valence-electron chi connectivity index (χ1n) is 6.37. The second-order valence-corrected chi connectivity index (χ2v) is 5.26. The minimum absolute atomic E-state index is 0.0995. The molecule has 1 aliphatic rings. The number of amides is 1. The van der Waals surface area contributed by atoms with Gasteiger partial charge in [-0.15, -0.1) is 0 Å². The Morgan fingerprint density at radius 2 is 2.47 bits per heavy atom. The van der Waals surface area contributed by atoms with Gasteiger partial charge in [0.25, 0.3) is 0 Å². The van der Waals surface area contributed by atoms with E-state index < -0.39 is 0 Å². The SMILES string of the molecule is CNC(=O)C1(C)CCN(Cc2ccnc(C#N)c2)C1. The Morgan fingerprint density at radius 3 is 3.16 bits per heavy atom. The van der Waals surface area contributed by atoms with Crippen LogP contribution < -0.4 is 5.32 Å². The Hall–Kier alpha value is -1.93. The van der Waals surface area contributed by atoms with Crippen molar-refractivity contribution in [1.82, 2.24) is 15.2 Å². The normalized spacial score (nSPS) is 23.0. The molecule has 5 heteroatoms. The molecule has 1 fully saturated rings. The number of carbonyl (C=O) groups is 1. The zero-order chi connectivity index (χ0) is 13.9. The van der Waals surface area contributed by atoms with Crippen molar-refractivity contribution in [3.05, 3.63) is 29.6 Å². The Balaban J connectivity index is 2.02. The van der Waals surface area contributed by atoms with Gasteiger partial charge in [-0.1, -0.05) is 0 Å². The summed E-state index contributed by atoms with van der Waals surface area (Å²) in [5.74, 6) is 0.0995. The number of nitriles is 1. The van der Waals surface area contributed by atoms with E-state index in [9.17, 15) is 4.79 Å². The first kappa shape index (κ1) is 13.5. The number of nitrogens with one attached hydrogen (secondary N) is 1. The number of pyridine rings is 1. The fraction of sp³-hybridized carbons (Fsp3) is 0.500. The number of hydrogen-bond donors (Lipinski definition) is 1. The molecule has 2 heterocycles. The highest BCUT2D eigenvalue weighted by molar-refractivity contribution is 5.82. The zero-order valence-corrected chi connectivity index (χ0v) is 11.3. The average molecular weight is 258 g/mol. The van der Waals surface area contributed by atoms with Gasteiger partial charge < -0.3 is 5.32 Å². The summed E-state index contributed by atoms with van der Waals surface area (Å²) < 4.78 is 0. The van der Waals surface area contributed by atoms with E-state index in [-0.39, 0.29) is 11.3 Å². The van der Waals surface area contributed by atoms with Gasteiger partial charge in [-0.2, -0.15) is 5.26 Å². The number of hydrogen-bond acceptors (Lipinski definition) is 4. The third-order valence-corrected chi connectivity index (χ3v) is 3.67. The van der Waals surface area contributed by atoms with Crippen LogP contribution in [0.3, 0.4) is 0 Å². The lowest BCUT2D eigenvalue weighted by Gasteiger charge is -2.22. The number of nitrogens with zero attached hydrogens (tertiary/aromatic N) is 3. The smallest absolute Gasteiger partial charge is 0.227 e. The van der Waals surface area contributed by atoms with Crippen LogP contribution in [0.5, 0.6) is 0 Å². The van der Waals surface area contributed by atoms with Crippen molar-refractivity contribution in [1.29, 1.82) is 5.26 Å². The maximum Gasteiger partial charge on any atom is 0.227 e. The molecule has 19 heavy (non-hydrogen) atoms. The van der Waals surface area contributed by atoms with Gasteiger partial charge in [-0.25, -0.2) is 4.98 Å². The Labute approximate surface area is 113 Å². The van der Waals surface area contributed by atoms with Crippen LogP contribution in [0.4, 0.5) is 0 Å². The minimum Gasteiger partial charge on any atom is -0.359 e. The molecule has 1 saturated heterocycles. The summed E-state index contributed by atoms with van der Waals surface area (Å²) in [6, 6.07) is 5.76. The van der Waals surface area contributed by atoms with Gasteiger partial charge in [0, 0.05) is 26.3 Å². The molecule has 1 aliphatic heterocycles. The summed E-state index contributed by atoms with van der Waals surface area (Å²) in [5, 5.41) is 11.6. The van der Waals surface area contributed by atoms with Crippen LogP contribution in [-0.2, 0) is 11.3 Å². The molecule has 0 saturated carbocycles. The van der Waals surface area contributed by atoms with Gasteiger partial charge in [-0.05, 0) is 37.6 Å². The van der Waals surface area contributed by atoms with Gasteiger partial charge in [-0.3, -0.25) is 9.69 Å². The van der Waals surface area contributed by atoms with Crippen LogP contribution in [0.2, 0.25) is 0 Å². The van der Waals surface area contributed by atoms with Gasteiger partial charge >= 0.3 is 0 Å². The minimum atomic E-state index is -0.306. The summed E-state index contributed by atoms with van der Waals surface area (Å²) in [5.41, 5.74) is 1.19. The van der Waals surface area contributed by atoms with Crippen molar-refractivity contribution in [3.63, 3.8) is 0 Å². The Bertz CT molecular complexity index is 522. The monoisotopic (exact) mass is 258 g/mol. The third kappa shape index (κ3) is 2.91. The molecule has 1 unspecified atom stereocenters. The number of aromatic nitrogens is 1. The molecule has 1 aromatic heterocycles. The second-order valence-electron chi connectivity index (χ2n) is 5.26.